The molecule has 0 saturated heterocycles. The van der Waals surface area contributed by atoms with Crippen molar-refractivity contribution in [3.05, 3.63) is 59.3 Å². The van der Waals surface area contributed by atoms with Crippen LogP contribution in [0.2, 0.25) is 0 Å². The molecule has 24 heavy (non-hydrogen) atoms. The fourth-order valence-corrected chi connectivity index (χ4v) is 2.39. The topological polar surface area (TPSA) is 51.2 Å². The molecule has 4 nitrogen and oxygen atoms in total. The Morgan fingerprint density at radius 3 is 2.46 bits per heavy atom. The lowest BCUT2D eigenvalue weighted by Gasteiger charge is -2.19. The number of benzene rings is 1. The Kier molecular flexibility index (Phi) is 5.96. The van der Waals surface area contributed by atoms with Gasteiger partial charge < -0.3 is 10.1 Å². The second kappa shape index (κ2) is 7.95. The lowest BCUT2D eigenvalue weighted by Crippen LogP contribution is -2.23. The fraction of sp³-hybridized carbons (Fsp3) is 0.400. The molecule has 1 heterocycles. The third kappa shape index (κ3) is 5.37. The predicted octanol–water partition coefficient (Wildman–Crippen LogP) is 3.64. The first-order chi connectivity index (χ1) is 11.4. The highest BCUT2D eigenvalue weighted by molar-refractivity contribution is 5.76. The molecule has 0 fully saturated rings. The van der Waals surface area contributed by atoms with Gasteiger partial charge in [0, 0.05) is 25.2 Å². The summed E-state index contributed by atoms with van der Waals surface area (Å²) in [5, 5.41) is 2.93. The van der Waals surface area contributed by atoms with Crippen LogP contribution in [0.3, 0.4) is 0 Å². The van der Waals surface area contributed by atoms with E-state index in [1.54, 1.807) is 13.3 Å². The van der Waals surface area contributed by atoms with Crippen LogP contribution in [0.25, 0.3) is 0 Å². The van der Waals surface area contributed by atoms with Crippen LogP contribution in [0, 0.1) is 0 Å². The number of nitrogens with zero attached hydrogens (tertiary/aromatic N) is 1. The second-order valence-corrected chi connectivity index (χ2v) is 6.93. The summed E-state index contributed by atoms with van der Waals surface area (Å²) in [6.45, 7) is 7.08. The van der Waals surface area contributed by atoms with Crippen LogP contribution in [-0.2, 0) is 23.2 Å². The van der Waals surface area contributed by atoms with Crippen LogP contribution in [0.5, 0.6) is 5.88 Å². The standard InChI is InChI=1S/C20H26N2O2/c1-20(2,3)17-8-5-15(6-9-17)7-10-18(23)22-14-16-11-12-21-19(13-16)24-4/h5-6,8-9,11-13H,7,10,14H2,1-4H3,(H,22,23). The molecule has 0 atom stereocenters. The minimum atomic E-state index is 0.0469. The number of nitrogens with one attached hydrogen (secondary N) is 1. The predicted molar refractivity (Wildman–Crippen MR) is 96.1 cm³/mol. The Morgan fingerprint density at radius 1 is 1.12 bits per heavy atom. The van der Waals surface area contributed by atoms with E-state index in [2.05, 4.69) is 55.3 Å². The highest BCUT2D eigenvalue weighted by atomic mass is 16.5. The van der Waals surface area contributed by atoms with Crippen molar-refractivity contribution in [2.75, 3.05) is 7.11 Å². The van der Waals surface area contributed by atoms with Gasteiger partial charge in [0.05, 0.1) is 7.11 Å². The zero-order valence-corrected chi connectivity index (χ0v) is 14.9. The lowest BCUT2D eigenvalue weighted by atomic mass is 9.86. The molecule has 1 N–H and O–H groups in total. The summed E-state index contributed by atoms with van der Waals surface area (Å²) >= 11 is 0. The van der Waals surface area contributed by atoms with Gasteiger partial charge in [-0.05, 0) is 34.6 Å². The smallest absolute Gasteiger partial charge is 0.220 e. The minimum Gasteiger partial charge on any atom is -0.481 e. The maximum Gasteiger partial charge on any atom is 0.220 e. The van der Waals surface area contributed by atoms with E-state index in [9.17, 15) is 4.79 Å². The van der Waals surface area contributed by atoms with Crippen LogP contribution < -0.4 is 10.1 Å². The summed E-state index contributed by atoms with van der Waals surface area (Å²) < 4.78 is 5.08. The number of pyridine rings is 1. The molecule has 1 aromatic carbocycles. The zero-order valence-electron chi connectivity index (χ0n) is 14.9. The van der Waals surface area contributed by atoms with Crippen LogP contribution in [0.1, 0.15) is 43.9 Å². The zero-order chi connectivity index (χ0) is 17.6. The SMILES string of the molecule is COc1cc(CNC(=O)CCc2ccc(C(C)(C)C)cc2)ccn1. The Bertz CT molecular complexity index is 673. The molecule has 4 heteroatoms. The molecule has 1 aromatic heterocycles. The molecule has 2 rings (SSSR count). The summed E-state index contributed by atoms with van der Waals surface area (Å²) in [5.74, 6) is 0.603. The van der Waals surface area contributed by atoms with E-state index in [0.29, 0.717) is 18.8 Å². The van der Waals surface area contributed by atoms with E-state index < -0.39 is 0 Å². The first-order valence-corrected chi connectivity index (χ1v) is 8.23. The van der Waals surface area contributed by atoms with Crippen molar-refractivity contribution < 1.29 is 9.53 Å². The van der Waals surface area contributed by atoms with Crippen molar-refractivity contribution in [1.29, 1.82) is 0 Å². The monoisotopic (exact) mass is 326 g/mol. The number of rotatable bonds is 6. The van der Waals surface area contributed by atoms with Gasteiger partial charge in [0.1, 0.15) is 0 Å². The first-order valence-electron chi connectivity index (χ1n) is 8.23. The van der Waals surface area contributed by atoms with Gasteiger partial charge in [-0.3, -0.25) is 4.79 Å². The Hall–Kier alpha value is -2.36. The number of aryl methyl sites for hydroxylation is 1. The lowest BCUT2D eigenvalue weighted by molar-refractivity contribution is -0.121. The van der Waals surface area contributed by atoms with Gasteiger partial charge in [0.25, 0.3) is 0 Å². The number of hydrogen-bond donors (Lipinski definition) is 1. The quantitative estimate of drug-likeness (QED) is 0.882. The van der Waals surface area contributed by atoms with Gasteiger partial charge in [-0.2, -0.15) is 0 Å². The second-order valence-electron chi connectivity index (χ2n) is 6.93. The number of ether oxygens (including phenoxy) is 1. The van der Waals surface area contributed by atoms with Crippen molar-refractivity contribution in [3.63, 3.8) is 0 Å². The molecule has 0 unspecified atom stereocenters. The molecule has 0 aliphatic rings. The molecular formula is C20H26N2O2. The van der Waals surface area contributed by atoms with Crippen LogP contribution in [0.4, 0.5) is 0 Å². The summed E-state index contributed by atoms with van der Waals surface area (Å²) in [5.41, 5.74) is 3.62. The molecular weight excluding hydrogens is 300 g/mol. The number of aromatic nitrogens is 1. The average molecular weight is 326 g/mol. The molecule has 1 amide bonds. The maximum absolute atomic E-state index is 12.0. The Morgan fingerprint density at radius 2 is 1.83 bits per heavy atom. The molecule has 0 radical (unpaired) electrons. The minimum absolute atomic E-state index is 0.0469. The van der Waals surface area contributed by atoms with Crippen molar-refractivity contribution in [2.24, 2.45) is 0 Å². The van der Waals surface area contributed by atoms with Crippen molar-refractivity contribution in [2.45, 2.75) is 45.6 Å². The fourth-order valence-electron chi connectivity index (χ4n) is 2.39. The van der Waals surface area contributed by atoms with Gasteiger partial charge >= 0.3 is 0 Å². The van der Waals surface area contributed by atoms with Crippen molar-refractivity contribution in [3.8, 4) is 5.88 Å². The summed E-state index contributed by atoms with van der Waals surface area (Å²) in [6.07, 6.45) is 2.91. The van der Waals surface area contributed by atoms with Crippen molar-refractivity contribution >= 4 is 5.91 Å². The largest absolute Gasteiger partial charge is 0.481 e. The number of carbonyl (C=O) groups excluding carboxylic acids is 1. The number of methoxy groups -OCH3 is 1. The molecule has 0 bridgehead atoms. The van der Waals surface area contributed by atoms with Gasteiger partial charge in [0.2, 0.25) is 11.8 Å². The number of carbonyl (C=O) groups is 1. The van der Waals surface area contributed by atoms with Crippen LogP contribution in [-0.4, -0.2) is 18.0 Å². The van der Waals surface area contributed by atoms with E-state index in [1.807, 2.05) is 12.1 Å². The normalized spacial score (nSPS) is 11.2. The molecule has 0 aliphatic heterocycles. The molecule has 0 saturated carbocycles. The maximum atomic E-state index is 12.0. The van der Waals surface area contributed by atoms with Crippen LogP contribution >= 0.6 is 0 Å². The molecule has 0 spiro atoms. The molecule has 0 aliphatic carbocycles. The van der Waals surface area contributed by atoms with Gasteiger partial charge in [-0.1, -0.05) is 45.0 Å². The average Bonchev–Trinajstić information content (AvgIpc) is 2.58. The van der Waals surface area contributed by atoms with E-state index in [1.165, 1.54) is 11.1 Å². The third-order valence-corrected chi connectivity index (χ3v) is 3.96. The molecule has 128 valence electrons. The highest BCUT2D eigenvalue weighted by Gasteiger charge is 2.13. The molecule has 2 aromatic rings. The van der Waals surface area contributed by atoms with Gasteiger partial charge in [-0.25, -0.2) is 4.98 Å². The summed E-state index contributed by atoms with van der Waals surface area (Å²) in [6, 6.07) is 12.2. The Balaban J connectivity index is 1.80. The highest BCUT2D eigenvalue weighted by Crippen LogP contribution is 2.22. The first kappa shape index (κ1) is 18.0. The van der Waals surface area contributed by atoms with E-state index in [0.717, 1.165) is 12.0 Å². The summed E-state index contributed by atoms with van der Waals surface area (Å²) in [7, 11) is 1.58. The van der Waals surface area contributed by atoms with E-state index in [-0.39, 0.29) is 11.3 Å². The Labute approximate surface area is 144 Å². The van der Waals surface area contributed by atoms with Crippen LogP contribution in [0.15, 0.2) is 42.6 Å². The number of amides is 1. The van der Waals surface area contributed by atoms with Gasteiger partial charge in [-0.15, -0.1) is 0 Å². The summed E-state index contributed by atoms with van der Waals surface area (Å²) in [4.78, 5) is 16.1. The third-order valence-electron chi connectivity index (χ3n) is 3.96. The van der Waals surface area contributed by atoms with E-state index >= 15 is 0 Å². The van der Waals surface area contributed by atoms with Gasteiger partial charge in [0.15, 0.2) is 0 Å². The van der Waals surface area contributed by atoms with E-state index in [4.69, 9.17) is 4.74 Å². The van der Waals surface area contributed by atoms with Crippen molar-refractivity contribution in [1.82, 2.24) is 10.3 Å². The number of hydrogen-bond acceptors (Lipinski definition) is 3.